The van der Waals surface area contributed by atoms with Gasteiger partial charge in [0.1, 0.15) is 11.5 Å². The summed E-state index contributed by atoms with van der Waals surface area (Å²) in [7, 11) is 3.07. The van der Waals surface area contributed by atoms with Crippen molar-refractivity contribution in [1.82, 2.24) is 0 Å². The van der Waals surface area contributed by atoms with Gasteiger partial charge in [0.25, 0.3) is 11.6 Å². The van der Waals surface area contributed by atoms with E-state index in [1.807, 2.05) is 6.07 Å². The van der Waals surface area contributed by atoms with Crippen molar-refractivity contribution in [3.8, 4) is 11.5 Å². The quantitative estimate of drug-likeness (QED) is 0.298. The molecule has 3 aromatic carbocycles. The number of rotatable bonds is 8. The number of hydrogen-bond acceptors (Lipinski definition) is 7. The molecule has 0 heterocycles. The molecule has 0 aliphatic rings. The van der Waals surface area contributed by atoms with Crippen molar-refractivity contribution >= 4 is 34.9 Å². The number of carbonyl (C=O) groups is 1. The van der Waals surface area contributed by atoms with E-state index in [1.165, 1.54) is 38.3 Å². The van der Waals surface area contributed by atoms with Gasteiger partial charge in [-0.25, -0.2) is 0 Å². The van der Waals surface area contributed by atoms with Gasteiger partial charge in [0.2, 0.25) is 0 Å². The first-order valence-corrected chi connectivity index (χ1v) is 9.62. The summed E-state index contributed by atoms with van der Waals surface area (Å²) < 4.78 is 13.6. The minimum Gasteiger partial charge on any atom is -0.497 e. The van der Waals surface area contributed by atoms with Crippen molar-refractivity contribution in [3.63, 3.8) is 0 Å². The van der Waals surface area contributed by atoms with E-state index in [0.717, 1.165) is 4.90 Å². The van der Waals surface area contributed by atoms with Gasteiger partial charge < -0.3 is 19.5 Å². The van der Waals surface area contributed by atoms with Crippen LogP contribution in [0.1, 0.15) is 10.4 Å². The van der Waals surface area contributed by atoms with E-state index < -0.39 is 4.92 Å². The average Bonchev–Trinajstić information content (AvgIpc) is 2.77. The summed E-state index contributed by atoms with van der Waals surface area (Å²) in [5.74, 6) is 0.812. The molecule has 0 aliphatic heterocycles. The van der Waals surface area contributed by atoms with Crippen LogP contribution in [0.25, 0.3) is 0 Å². The number of non-ortho nitro benzene ring substituents is 1. The Morgan fingerprint density at radius 3 is 2.20 bits per heavy atom. The highest BCUT2D eigenvalue weighted by Crippen LogP contribution is 2.28. The number of nitro benzene ring substituents is 1. The number of amides is 1. The van der Waals surface area contributed by atoms with Crippen molar-refractivity contribution < 1.29 is 19.2 Å². The second kappa shape index (κ2) is 9.66. The molecule has 0 saturated heterocycles. The first kappa shape index (κ1) is 21.0. The van der Waals surface area contributed by atoms with Crippen LogP contribution in [0.2, 0.25) is 0 Å². The lowest BCUT2D eigenvalue weighted by Crippen LogP contribution is -2.13. The summed E-state index contributed by atoms with van der Waals surface area (Å²) in [5.41, 5.74) is 1.60. The van der Waals surface area contributed by atoms with Gasteiger partial charge >= 0.3 is 0 Å². The molecule has 0 atom stereocenters. The molecule has 0 unspecified atom stereocenters. The SMILES string of the molecule is COc1cc(NC(=O)c2ccccc2NSc2ccc([N+](=O)[O-])cc2)cc(OC)c1. The highest BCUT2D eigenvalue weighted by atomic mass is 32.2. The Morgan fingerprint density at radius 1 is 0.967 bits per heavy atom. The summed E-state index contributed by atoms with van der Waals surface area (Å²) in [6.45, 7) is 0. The lowest BCUT2D eigenvalue weighted by atomic mass is 10.1. The molecule has 0 aliphatic carbocycles. The Kier molecular flexibility index (Phi) is 6.76. The minimum atomic E-state index is -0.449. The normalized spacial score (nSPS) is 10.2. The Labute approximate surface area is 177 Å². The summed E-state index contributed by atoms with van der Waals surface area (Å²) in [5, 5.41) is 13.6. The maximum Gasteiger partial charge on any atom is 0.269 e. The molecule has 8 nitrogen and oxygen atoms in total. The molecule has 0 fully saturated rings. The number of nitro groups is 1. The lowest BCUT2D eigenvalue weighted by Gasteiger charge is -2.13. The Balaban J connectivity index is 1.74. The van der Waals surface area contributed by atoms with Gasteiger partial charge in [-0.05, 0) is 36.2 Å². The standard InChI is InChI=1S/C21H19N3O5S/c1-28-16-11-14(12-17(13-16)29-2)22-21(25)19-5-3-4-6-20(19)23-30-18-9-7-15(8-10-18)24(26)27/h3-13,23H,1-2H3,(H,22,25). The number of hydrogen-bond donors (Lipinski definition) is 2. The number of para-hydroxylation sites is 1. The third-order valence-corrected chi connectivity index (χ3v) is 4.94. The van der Waals surface area contributed by atoms with Crippen LogP contribution in [0.4, 0.5) is 17.1 Å². The molecule has 3 rings (SSSR count). The molecule has 30 heavy (non-hydrogen) atoms. The number of nitrogens with one attached hydrogen (secondary N) is 2. The molecule has 0 aromatic heterocycles. The van der Waals surface area contributed by atoms with Crippen molar-refractivity contribution in [2.45, 2.75) is 4.90 Å². The third-order valence-electron chi connectivity index (χ3n) is 4.11. The van der Waals surface area contributed by atoms with Gasteiger partial charge in [-0.1, -0.05) is 12.1 Å². The highest BCUT2D eigenvalue weighted by Gasteiger charge is 2.13. The zero-order valence-electron chi connectivity index (χ0n) is 16.2. The van der Waals surface area contributed by atoms with E-state index in [-0.39, 0.29) is 11.6 Å². The van der Waals surface area contributed by atoms with Crippen molar-refractivity contribution in [1.29, 1.82) is 0 Å². The summed E-state index contributed by atoms with van der Waals surface area (Å²) in [4.78, 5) is 23.9. The van der Waals surface area contributed by atoms with Crippen molar-refractivity contribution in [3.05, 3.63) is 82.4 Å². The Bertz CT molecular complexity index is 1030. The monoisotopic (exact) mass is 425 g/mol. The molecule has 0 saturated carbocycles. The molecular weight excluding hydrogens is 406 g/mol. The number of ether oxygens (including phenoxy) is 2. The molecule has 9 heteroatoms. The first-order chi connectivity index (χ1) is 14.5. The van der Waals surface area contributed by atoms with Crippen LogP contribution in [0.15, 0.2) is 71.6 Å². The summed E-state index contributed by atoms with van der Waals surface area (Å²) in [6, 6.07) is 18.3. The van der Waals surface area contributed by atoms with Crippen LogP contribution >= 0.6 is 11.9 Å². The van der Waals surface area contributed by atoms with E-state index >= 15 is 0 Å². The summed E-state index contributed by atoms with van der Waals surface area (Å²) >= 11 is 1.25. The van der Waals surface area contributed by atoms with E-state index in [9.17, 15) is 14.9 Å². The van der Waals surface area contributed by atoms with Gasteiger partial charge in [-0.15, -0.1) is 0 Å². The van der Waals surface area contributed by atoms with Gasteiger partial charge in [-0.3, -0.25) is 14.9 Å². The van der Waals surface area contributed by atoms with Crippen LogP contribution in [0.5, 0.6) is 11.5 Å². The maximum atomic E-state index is 12.8. The fraction of sp³-hybridized carbons (Fsp3) is 0.0952. The van der Waals surface area contributed by atoms with Gasteiger partial charge in [0, 0.05) is 40.9 Å². The fourth-order valence-electron chi connectivity index (χ4n) is 2.60. The second-order valence-corrected chi connectivity index (χ2v) is 6.94. The number of carbonyl (C=O) groups excluding carboxylic acids is 1. The number of benzene rings is 3. The van der Waals surface area contributed by atoms with Crippen LogP contribution in [0, 0.1) is 10.1 Å². The zero-order valence-corrected chi connectivity index (χ0v) is 17.1. The van der Waals surface area contributed by atoms with E-state index in [1.54, 1.807) is 48.5 Å². The highest BCUT2D eigenvalue weighted by molar-refractivity contribution is 8.00. The predicted octanol–water partition coefficient (Wildman–Crippen LogP) is 4.98. The van der Waals surface area contributed by atoms with Crippen molar-refractivity contribution in [2.24, 2.45) is 0 Å². The molecule has 2 N–H and O–H groups in total. The van der Waals surface area contributed by atoms with E-state index in [2.05, 4.69) is 10.0 Å². The average molecular weight is 425 g/mol. The van der Waals surface area contributed by atoms with Gasteiger partial charge in [0.05, 0.1) is 30.4 Å². The largest absolute Gasteiger partial charge is 0.497 e. The molecular formula is C21H19N3O5S. The smallest absolute Gasteiger partial charge is 0.269 e. The van der Waals surface area contributed by atoms with Crippen LogP contribution < -0.4 is 19.5 Å². The van der Waals surface area contributed by atoms with Crippen LogP contribution in [-0.2, 0) is 0 Å². The minimum absolute atomic E-state index is 0.0212. The first-order valence-electron chi connectivity index (χ1n) is 8.81. The zero-order chi connectivity index (χ0) is 21.5. The lowest BCUT2D eigenvalue weighted by molar-refractivity contribution is -0.384. The van der Waals surface area contributed by atoms with E-state index in [0.29, 0.717) is 28.4 Å². The molecule has 0 radical (unpaired) electrons. The second-order valence-electron chi connectivity index (χ2n) is 6.06. The number of methoxy groups -OCH3 is 2. The van der Waals surface area contributed by atoms with Crippen LogP contribution in [0.3, 0.4) is 0 Å². The molecule has 0 bridgehead atoms. The third kappa shape index (κ3) is 5.21. The number of nitrogens with zero attached hydrogens (tertiary/aromatic N) is 1. The Morgan fingerprint density at radius 2 is 1.60 bits per heavy atom. The molecule has 1 amide bonds. The maximum absolute atomic E-state index is 12.8. The van der Waals surface area contributed by atoms with Gasteiger partial charge in [-0.2, -0.15) is 0 Å². The summed E-state index contributed by atoms with van der Waals surface area (Å²) in [6.07, 6.45) is 0. The van der Waals surface area contributed by atoms with Crippen LogP contribution in [-0.4, -0.2) is 25.1 Å². The topological polar surface area (TPSA) is 103 Å². The molecule has 3 aromatic rings. The predicted molar refractivity (Wildman–Crippen MR) is 117 cm³/mol. The fourth-order valence-corrected chi connectivity index (χ4v) is 3.28. The van der Waals surface area contributed by atoms with Gasteiger partial charge in [0.15, 0.2) is 0 Å². The molecule has 0 spiro atoms. The Hall–Kier alpha value is -3.72. The molecule has 154 valence electrons. The van der Waals surface area contributed by atoms with E-state index in [4.69, 9.17) is 9.47 Å². The van der Waals surface area contributed by atoms with Crippen molar-refractivity contribution in [2.75, 3.05) is 24.3 Å². The number of anilines is 2.